The molecule has 0 spiro atoms. The monoisotopic (exact) mass is 182 g/mol. The Morgan fingerprint density at radius 1 is 1.15 bits per heavy atom. The molecule has 0 radical (unpaired) electrons. The highest BCUT2D eigenvalue weighted by Gasteiger charge is 2.61. The van der Waals surface area contributed by atoms with E-state index in [0.717, 1.165) is 0 Å². The lowest BCUT2D eigenvalue weighted by molar-refractivity contribution is -0.159. The first-order chi connectivity index (χ1) is 6.01. The molecule has 0 aromatic rings. The molecule has 0 aromatic heterocycles. The lowest BCUT2D eigenvalue weighted by atomic mass is 9.65. The Balaban J connectivity index is 2.46. The van der Waals surface area contributed by atoms with Crippen LogP contribution in [0.2, 0.25) is 0 Å². The Bertz CT molecular complexity index is 282. The van der Waals surface area contributed by atoms with Gasteiger partial charge in [0.25, 0.3) is 0 Å². The van der Waals surface area contributed by atoms with E-state index in [1.807, 2.05) is 0 Å². The van der Waals surface area contributed by atoms with Crippen LogP contribution in [0.1, 0.15) is 39.0 Å². The van der Waals surface area contributed by atoms with Crippen molar-refractivity contribution in [1.82, 2.24) is 0 Å². The molecule has 2 aliphatic carbocycles. The molecule has 3 heteroatoms. The van der Waals surface area contributed by atoms with Gasteiger partial charge >= 0.3 is 0 Å². The molecule has 2 aliphatic rings. The minimum Gasteiger partial charge on any atom is -0.381 e. The van der Waals surface area contributed by atoms with Gasteiger partial charge in [-0.3, -0.25) is 9.59 Å². The van der Waals surface area contributed by atoms with Gasteiger partial charge in [-0.25, -0.2) is 0 Å². The number of hydrogen-bond acceptors (Lipinski definition) is 3. The van der Waals surface area contributed by atoms with Crippen molar-refractivity contribution in [3.8, 4) is 0 Å². The zero-order valence-corrected chi connectivity index (χ0v) is 7.80. The van der Waals surface area contributed by atoms with E-state index in [4.69, 9.17) is 0 Å². The summed E-state index contributed by atoms with van der Waals surface area (Å²) in [6, 6.07) is 0. The Labute approximate surface area is 77.1 Å². The second-order valence-corrected chi connectivity index (χ2v) is 4.39. The van der Waals surface area contributed by atoms with Crippen LogP contribution in [0.5, 0.6) is 0 Å². The van der Waals surface area contributed by atoms with E-state index in [1.54, 1.807) is 6.92 Å². The molecule has 0 heterocycles. The lowest BCUT2D eigenvalue weighted by Gasteiger charge is -2.40. The fourth-order valence-electron chi connectivity index (χ4n) is 2.65. The summed E-state index contributed by atoms with van der Waals surface area (Å²) in [5.74, 6) is -0.0739. The first kappa shape index (κ1) is 8.88. The van der Waals surface area contributed by atoms with Gasteiger partial charge in [0, 0.05) is 12.8 Å². The maximum atomic E-state index is 11.6. The molecule has 0 amide bonds. The van der Waals surface area contributed by atoms with Gasteiger partial charge in [0.15, 0.2) is 5.78 Å². The third kappa shape index (κ3) is 0.881. The van der Waals surface area contributed by atoms with Gasteiger partial charge in [0.1, 0.15) is 11.4 Å². The summed E-state index contributed by atoms with van der Waals surface area (Å²) < 4.78 is 0. The van der Waals surface area contributed by atoms with Crippen molar-refractivity contribution >= 4 is 11.6 Å². The minimum absolute atomic E-state index is 0.0621. The topological polar surface area (TPSA) is 54.4 Å². The van der Waals surface area contributed by atoms with Gasteiger partial charge in [-0.2, -0.15) is 0 Å². The van der Waals surface area contributed by atoms with Crippen LogP contribution in [0.3, 0.4) is 0 Å². The number of carbonyl (C=O) groups is 2. The van der Waals surface area contributed by atoms with E-state index in [1.165, 1.54) is 0 Å². The van der Waals surface area contributed by atoms with E-state index < -0.39 is 11.0 Å². The molecule has 0 bridgehead atoms. The molecule has 0 saturated heterocycles. The zero-order valence-electron chi connectivity index (χ0n) is 7.80. The van der Waals surface area contributed by atoms with Gasteiger partial charge in [-0.05, 0) is 26.2 Å². The number of ketones is 2. The summed E-state index contributed by atoms with van der Waals surface area (Å²) in [4.78, 5) is 23.1. The summed E-state index contributed by atoms with van der Waals surface area (Å²) in [6.45, 7) is 1.74. The van der Waals surface area contributed by atoms with E-state index in [0.29, 0.717) is 32.1 Å². The lowest BCUT2D eigenvalue weighted by Crippen LogP contribution is -2.53. The van der Waals surface area contributed by atoms with Crippen LogP contribution >= 0.6 is 0 Å². The normalized spacial score (nSPS) is 45.1. The van der Waals surface area contributed by atoms with Crippen LogP contribution in [-0.4, -0.2) is 22.3 Å². The molecule has 72 valence electrons. The van der Waals surface area contributed by atoms with Crippen molar-refractivity contribution in [3.63, 3.8) is 0 Å². The van der Waals surface area contributed by atoms with Gasteiger partial charge in [-0.15, -0.1) is 0 Å². The van der Waals surface area contributed by atoms with Crippen LogP contribution in [0.15, 0.2) is 0 Å². The molecule has 13 heavy (non-hydrogen) atoms. The van der Waals surface area contributed by atoms with E-state index in [9.17, 15) is 14.7 Å². The third-order valence-electron chi connectivity index (χ3n) is 3.78. The van der Waals surface area contributed by atoms with E-state index in [2.05, 4.69) is 0 Å². The molecule has 0 aliphatic heterocycles. The van der Waals surface area contributed by atoms with Crippen LogP contribution in [0.25, 0.3) is 0 Å². The summed E-state index contributed by atoms with van der Waals surface area (Å²) >= 11 is 0. The number of Topliss-reactive ketones (excluding diaryl/α,β-unsaturated/α-hetero) is 2. The molecule has 0 unspecified atom stereocenters. The number of rotatable bonds is 0. The maximum absolute atomic E-state index is 11.6. The number of carbonyl (C=O) groups excluding carboxylic acids is 2. The molecule has 2 atom stereocenters. The van der Waals surface area contributed by atoms with E-state index in [-0.39, 0.29) is 11.6 Å². The fourth-order valence-corrected chi connectivity index (χ4v) is 2.65. The smallest absolute Gasteiger partial charge is 0.165 e. The third-order valence-corrected chi connectivity index (χ3v) is 3.78. The fraction of sp³-hybridized carbons (Fsp3) is 0.800. The van der Waals surface area contributed by atoms with Gasteiger partial charge < -0.3 is 5.11 Å². The number of aliphatic hydroxyl groups is 1. The molecule has 2 rings (SSSR count). The molecular formula is C10H14O3. The highest BCUT2D eigenvalue weighted by molar-refractivity contribution is 6.01. The first-order valence-electron chi connectivity index (χ1n) is 4.80. The average molecular weight is 182 g/mol. The van der Waals surface area contributed by atoms with Crippen molar-refractivity contribution < 1.29 is 14.7 Å². The number of hydrogen-bond donors (Lipinski definition) is 1. The van der Waals surface area contributed by atoms with Crippen molar-refractivity contribution in [2.24, 2.45) is 5.41 Å². The molecule has 0 aromatic carbocycles. The van der Waals surface area contributed by atoms with Crippen molar-refractivity contribution in [2.45, 2.75) is 44.6 Å². The molecule has 2 saturated carbocycles. The Hall–Kier alpha value is -0.700. The summed E-state index contributed by atoms with van der Waals surface area (Å²) in [7, 11) is 0. The average Bonchev–Trinajstić information content (AvgIpc) is 2.31. The van der Waals surface area contributed by atoms with Crippen LogP contribution in [0.4, 0.5) is 0 Å². The number of fused-ring (bicyclic) bond motifs is 1. The quantitative estimate of drug-likeness (QED) is 0.604. The second-order valence-electron chi connectivity index (χ2n) is 4.39. The van der Waals surface area contributed by atoms with Crippen LogP contribution in [0, 0.1) is 5.41 Å². The van der Waals surface area contributed by atoms with Gasteiger partial charge in [-0.1, -0.05) is 0 Å². The van der Waals surface area contributed by atoms with E-state index >= 15 is 0 Å². The second kappa shape index (κ2) is 2.41. The highest BCUT2D eigenvalue weighted by Crippen LogP contribution is 2.50. The molecule has 3 nitrogen and oxygen atoms in total. The Morgan fingerprint density at radius 2 is 1.85 bits per heavy atom. The van der Waals surface area contributed by atoms with Gasteiger partial charge in [0.05, 0.1) is 5.41 Å². The standard InChI is InChI=1S/C10H14O3/c1-9-6-4-8(12)10(9,13)5-2-3-7(9)11/h13H,2-6H2,1H3/t9-,10+/m1/s1. The van der Waals surface area contributed by atoms with Crippen LogP contribution < -0.4 is 0 Å². The van der Waals surface area contributed by atoms with Gasteiger partial charge in [0.2, 0.25) is 0 Å². The SMILES string of the molecule is C[C@]12CCC(=O)[C@@]1(O)CCCC2=O. The maximum Gasteiger partial charge on any atom is 0.165 e. The molecule has 2 fully saturated rings. The van der Waals surface area contributed by atoms with Crippen LogP contribution in [-0.2, 0) is 9.59 Å². The van der Waals surface area contributed by atoms with Crippen molar-refractivity contribution in [1.29, 1.82) is 0 Å². The summed E-state index contributed by atoms with van der Waals surface area (Å²) in [5, 5.41) is 10.1. The predicted molar refractivity (Wildman–Crippen MR) is 46.2 cm³/mol. The van der Waals surface area contributed by atoms with Crippen molar-refractivity contribution in [2.75, 3.05) is 0 Å². The predicted octanol–water partition coefficient (Wildman–Crippen LogP) is 0.840. The Kier molecular flexibility index (Phi) is 1.65. The molecular weight excluding hydrogens is 168 g/mol. The molecule has 1 N–H and O–H groups in total. The minimum atomic E-state index is -1.33. The first-order valence-corrected chi connectivity index (χ1v) is 4.80. The van der Waals surface area contributed by atoms with Crippen molar-refractivity contribution in [3.05, 3.63) is 0 Å². The summed E-state index contributed by atoms with van der Waals surface area (Å²) in [6.07, 6.45) is 2.52. The zero-order chi connectivity index (χ0) is 9.69. The Morgan fingerprint density at radius 3 is 2.46 bits per heavy atom. The summed E-state index contributed by atoms with van der Waals surface area (Å²) in [5.41, 5.74) is -2.11. The highest BCUT2D eigenvalue weighted by atomic mass is 16.3. The largest absolute Gasteiger partial charge is 0.381 e.